The Morgan fingerprint density at radius 2 is 1.86 bits per heavy atom. The van der Waals surface area contributed by atoms with Gasteiger partial charge in [0.25, 0.3) is 0 Å². The lowest BCUT2D eigenvalue weighted by Crippen LogP contribution is -2.05. The Kier molecular flexibility index (Phi) is 5.29. The predicted octanol–water partition coefficient (Wildman–Crippen LogP) is 2.23. The van der Waals surface area contributed by atoms with Gasteiger partial charge in [0.15, 0.2) is 10.3 Å². The summed E-state index contributed by atoms with van der Waals surface area (Å²) in [6.07, 6.45) is 2.60. The van der Waals surface area contributed by atoms with Crippen LogP contribution < -0.4 is 11.5 Å². The number of nitrogens with two attached hydrogens (primary N) is 2. The Bertz CT molecular complexity index is 634. The molecule has 1 heterocycles. The Labute approximate surface area is 131 Å². The van der Waals surface area contributed by atoms with E-state index in [1.807, 2.05) is 24.3 Å². The average Bonchev–Trinajstić information content (AvgIpc) is 2.86. The molecule has 0 spiro atoms. The number of aromatic amines is 1. The summed E-state index contributed by atoms with van der Waals surface area (Å²) in [5.41, 5.74) is 13.7. The zero-order valence-corrected chi connectivity index (χ0v) is 12.9. The van der Waals surface area contributed by atoms with Crippen LogP contribution in [0.15, 0.2) is 35.4 Å². The number of amidine groups is 2. The SMILES string of the molecule is N=C(N)SCCc1ccc(-c2n[nH]cc2SC(=N)N)cc1. The monoisotopic (exact) mass is 320 g/mol. The Morgan fingerprint density at radius 1 is 1.14 bits per heavy atom. The molecule has 0 amide bonds. The fraction of sp³-hybridized carbons (Fsp3) is 0.154. The van der Waals surface area contributed by atoms with Crippen molar-refractivity contribution in [2.45, 2.75) is 11.3 Å². The van der Waals surface area contributed by atoms with Crippen LogP contribution in [-0.2, 0) is 6.42 Å². The number of aromatic nitrogens is 2. The minimum atomic E-state index is 0.0375. The molecule has 1 aromatic heterocycles. The van der Waals surface area contributed by atoms with Gasteiger partial charge in [-0.1, -0.05) is 36.0 Å². The summed E-state index contributed by atoms with van der Waals surface area (Å²) < 4.78 is 0. The highest BCUT2D eigenvalue weighted by atomic mass is 32.2. The summed E-state index contributed by atoms with van der Waals surface area (Å²) in [5.74, 6) is 0.794. The van der Waals surface area contributed by atoms with Gasteiger partial charge in [-0.3, -0.25) is 15.9 Å². The largest absolute Gasteiger partial charge is 0.379 e. The van der Waals surface area contributed by atoms with Crippen LogP contribution in [0.25, 0.3) is 11.3 Å². The standard InChI is InChI=1S/C13H16N6S2/c14-12(15)20-6-5-8-1-3-9(4-2-8)11-10(7-18-19-11)21-13(16)17/h1-4,7H,5-6H2,(H3,14,15)(H3,16,17)(H,18,19). The molecule has 0 fully saturated rings. The molecule has 0 bridgehead atoms. The minimum Gasteiger partial charge on any atom is -0.379 e. The first kappa shape index (κ1) is 15.5. The van der Waals surface area contributed by atoms with E-state index in [1.165, 1.54) is 29.1 Å². The van der Waals surface area contributed by atoms with Crippen LogP contribution in [0.5, 0.6) is 0 Å². The molecule has 0 radical (unpaired) electrons. The van der Waals surface area contributed by atoms with Gasteiger partial charge in [-0.2, -0.15) is 5.10 Å². The molecule has 21 heavy (non-hydrogen) atoms. The number of rotatable bonds is 5. The van der Waals surface area contributed by atoms with Gasteiger partial charge >= 0.3 is 0 Å². The van der Waals surface area contributed by atoms with Crippen LogP contribution in [0, 0.1) is 10.8 Å². The third kappa shape index (κ3) is 4.54. The van der Waals surface area contributed by atoms with E-state index in [2.05, 4.69) is 10.2 Å². The second kappa shape index (κ2) is 7.19. The fourth-order valence-corrected chi connectivity index (χ4v) is 2.96. The first-order chi connectivity index (χ1) is 10.1. The lowest BCUT2D eigenvalue weighted by Gasteiger charge is -2.04. The third-order valence-electron chi connectivity index (χ3n) is 2.70. The number of hydrogen-bond acceptors (Lipinski definition) is 5. The molecular weight excluding hydrogens is 304 g/mol. The molecule has 0 aliphatic carbocycles. The molecule has 2 rings (SSSR count). The Morgan fingerprint density at radius 3 is 2.48 bits per heavy atom. The molecule has 0 atom stereocenters. The molecule has 1 aromatic carbocycles. The van der Waals surface area contributed by atoms with Crippen molar-refractivity contribution in [1.82, 2.24) is 10.2 Å². The number of hydrogen-bond donors (Lipinski definition) is 5. The van der Waals surface area contributed by atoms with Gasteiger partial charge in [0.05, 0.1) is 4.90 Å². The summed E-state index contributed by atoms with van der Waals surface area (Å²) in [5, 5.41) is 21.7. The van der Waals surface area contributed by atoms with E-state index in [-0.39, 0.29) is 10.3 Å². The molecule has 0 aliphatic rings. The van der Waals surface area contributed by atoms with Crippen molar-refractivity contribution in [3.8, 4) is 11.3 Å². The van der Waals surface area contributed by atoms with Gasteiger partial charge in [0.2, 0.25) is 0 Å². The summed E-state index contributed by atoms with van der Waals surface area (Å²) in [4.78, 5) is 0.836. The first-order valence-electron chi connectivity index (χ1n) is 6.18. The van der Waals surface area contributed by atoms with Crippen LogP contribution >= 0.6 is 23.5 Å². The smallest absolute Gasteiger partial charge is 0.156 e. The first-order valence-corrected chi connectivity index (χ1v) is 7.98. The maximum Gasteiger partial charge on any atom is 0.156 e. The van der Waals surface area contributed by atoms with Crippen molar-refractivity contribution >= 4 is 33.9 Å². The highest BCUT2D eigenvalue weighted by molar-refractivity contribution is 8.14. The van der Waals surface area contributed by atoms with Crippen molar-refractivity contribution in [2.75, 3.05) is 5.75 Å². The maximum absolute atomic E-state index is 7.34. The second-order valence-corrected chi connectivity index (χ2v) is 6.44. The van der Waals surface area contributed by atoms with E-state index in [0.717, 1.165) is 28.3 Å². The van der Waals surface area contributed by atoms with Crippen molar-refractivity contribution in [3.63, 3.8) is 0 Å². The quantitative estimate of drug-likeness (QED) is 0.328. The maximum atomic E-state index is 7.34. The van der Waals surface area contributed by atoms with Gasteiger partial charge in [0, 0.05) is 17.5 Å². The van der Waals surface area contributed by atoms with Crippen LogP contribution in [0.1, 0.15) is 5.56 Å². The van der Waals surface area contributed by atoms with Crippen LogP contribution in [-0.4, -0.2) is 26.3 Å². The molecule has 0 aliphatic heterocycles. The number of thioether (sulfide) groups is 2. The lowest BCUT2D eigenvalue weighted by molar-refractivity contribution is 1.09. The summed E-state index contributed by atoms with van der Waals surface area (Å²) in [7, 11) is 0. The molecule has 0 saturated heterocycles. The highest BCUT2D eigenvalue weighted by Gasteiger charge is 2.10. The van der Waals surface area contributed by atoms with Crippen LogP contribution in [0.2, 0.25) is 0 Å². The second-order valence-electron chi connectivity index (χ2n) is 4.22. The van der Waals surface area contributed by atoms with Gasteiger partial charge < -0.3 is 11.5 Å². The van der Waals surface area contributed by atoms with Crippen LogP contribution in [0.3, 0.4) is 0 Å². The Hall–Kier alpha value is -1.93. The topological polar surface area (TPSA) is 128 Å². The van der Waals surface area contributed by atoms with E-state index < -0.39 is 0 Å². The van der Waals surface area contributed by atoms with E-state index in [9.17, 15) is 0 Å². The molecule has 8 heteroatoms. The molecule has 110 valence electrons. The summed E-state index contributed by atoms with van der Waals surface area (Å²) in [6, 6.07) is 8.06. The number of H-pyrrole nitrogens is 1. The highest BCUT2D eigenvalue weighted by Crippen LogP contribution is 2.29. The number of nitrogens with one attached hydrogen (secondary N) is 3. The van der Waals surface area contributed by atoms with Crippen molar-refractivity contribution in [1.29, 1.82) is 10.8 Å². The minimum absolute atomic E-state index is 0.0375. The normalized spacial score (nSPS) is 10.5. The molecule has 7 N–H and O–H groups in total. The molecular formula is C13H16N6S2. The molecule has 0 saturated carbocycles. The number of nitrogens with zero attached hydrogens (tertiary/aromatic N) is 1. The van der Waals surface area contributed by atoms with Crippen molar-refractivity contribution < 1.29 is 0 Å². The van der Waals surface area contributed by atoms with Crippen molar-refractivity contribution in [2.24, 2.45) is 11.5 Å². The predicted molar refractivity (Wildman–Crippen MR) is 89.9 cm³/mol. The average molecular weight is 320 g/mol. The number of aryl methyl sites for hydroxylation is 1. The zero-order valence-electron chi connectivity index (χ0n) is 11.2. The lowest BCUT2D eigenvalue weighted by atomic mass is 10.1. The Balaban J connectivity index is 2.07. The van der Waals surface area contributed by atoms with Gasteiger partial charge in [-0.05, 0) is 23.7 Å². The molecule has 0 unspecified atom stereocenters. The molecule has 6 nitrogen and oxygen atoms in total. The van der Waals surface area contributed by atoms with Gasteiger partial charge in [-0.15, -0.1) is 0 Å². The van der Waals surface area contributed by atoms with Crippen LogP contribution in [0.4, 0.5) is 0 Å². The fourth-order valence-electron chi connectivity index (χ4n) is 1.79. The van der Waals surface area contributed by atoms with E-state index in [1.54, 1.807) is 6.20 Å². The van der Waals surface area contributed by atoms with Gasteiger partial charge in [0.1, 0.15) is 5.69 Å². The number of benzene rings is 1. The third-order valence-corrected chi connectivity index (χ3v) is 4.17. The van der Waals surface area contributed by atoms with Crippen molar-refractivity contribution in [3.05, 3.63) is 36.0 Å². The zero-order chi connectivity index (χ0) is 15.2. The van der Waals surface area contributed by atoms with E-state index >= 15 is 0 Å². The summed E-state index contributed by atoms with van der Waals surface area (Å²) >= 11 is 2.51. The van der Waals surface area contributed by atoms with Gasteiger partial charge in [-0.25, -0.2) is 0 Å². The van der Waals surface area contributed by atoms with E-state index in [0.29, 0.717) is 0 Å². The molecule has 2 aromatic rings. The summed E-state index contributed by atoms with van der Waals surface area (Å²) in [6.45, 7) is 0. The van der Waals surface area contributed by atoms with E-state index in [4.69, 9.17) is 22.3 Å².